The summed E-state index contributed by atoms with van der Waals surface area (Å²) in [6, 6.07) is 6.88. The van der Waals surface area contributed by atoms with Crippen LogP contribution in [0.4, 0.5) is 14.5 Å². The standard InChI is InChI=1S/C14H15F2N3O5S/c1-23-10-7-11(24-2)18-13(17-10)12(20)8-5-3-4-6-9(8)19-25(21,22)14(15)16/h3-7,12,14,19-20H,1-2H3/t12-/m0/s1. The molecule has 1 aromatic heterocycles. The van der Waals surface area contributed by atoms with Gasteiger partial charge in [-0.05, 0) is 6.07 Å². The van der Waals surface area contributed by atoms with E-state index in [0.29, 0.717) is 0 Å². The molecule has 0 bridgehead atoms. The largest absolute Gasteiger partial charge is 0.481 e. The van der Waals surface area contributed by atoms with Crippen LogP contribution in [0.1, 0.15) is 17.5 Å². The van der Waals surface area contributed by atoms with Crippen LogP contribution in [-0.2, 0) is 10.0 Å². The molecule has 11 heteroatoms. The maximum absolute atomic E-state index is 12.6. The number of rotatable bonds is 7. The van der Waals surface area contributed by atoms with E-state index in [0.717, 1.165) is 0 Å². The number of aliphatic hydroxyl groups excluding tert-OH is 1. The Morgan fingerprint density at radius 2 is 1.68 bits per heavy atom. The first kappa shape index (κ1) is 18.8. The first-order chi connectivity index (χ1) is 11.8. The first-order valence-electron chi connectivity index (χ1n) is 6.82. The summed E-state index contributed by atoms with van der Waals surface area (Å²) in [7, 11) is -2.20. The van der Waals surface area contributed by atoms with Crippen molar-refractivity contribution >= 4 is 15.7 Å². The number of methoxy groups -OCH3 is 2. The van der Waals surface area contributed by atoms with Gasteiger partial charge in [-0.3, -0.25) is 4.72 Å². The Bertz CT molecular complexity index is 826. The highest BCUT2D eigenvalue weighted by atomic mass is 32.2. The molecule has 0 amide bonds. The zero-order chi connectivity index (χ0) is 18.6. The van der Waals surface area contributed by atoms with Crippen LogP contribution in [0, 0.1) is 0 Å². The van der Waals surface area contributed by atoms with Gasteiger partial charge in [0.25, 0.3) is 10.0 Å². The van der Waals surface area contributed by atoms with Crippen LogP contribution in [-0.4, -0.2) is 43.5 Å². The van der Waals surface area contributed by atoms with Gasteiger partial charge in [0.15, 0.2) is 5.82 Å². The van der Waals surface area contributed by atoms with E-state index in [4.69, 9.17) is 9.47 Å². The summed E-state index contributed by atoms with van der Waals surface area (Å²) in [5.41, 5.74) is -0.234. The molecule has 2 rings (SSSR count). The molecule has 0 spiro atoms. The second kappa shape index (κ2) is 7.57. The molecular weight excluding hydrogens is 360 g/mol. The molecule has 1 heterocycles. The Morgan fingerprint density at radius 3 is 2.20 bits per heavy atom. The predicted molar refractivity (Wildman–Crippen MR) is 84.2 cm³/mol. The Morgan fingerprint density at radius 1 is 1.12 bits per heavy atom. The summed E-state index contributed by atoms with van der Waals surface area (Å²) in [4.78, 5) is 7.92. The lowest BCUT2D eigenvalue weighted by Crippen LogP contribution is -2.22. The Kier molecular flexibility index (Phi) is 5.69. The van der Waals surface area contributed by atoms with Crippen molar-refractivity contribution < 1.29 is 31.8 Å². The quantitative estimate of drug-likeness (QED) is 0.755. The summed E-state index contributed by atoms with van der Waals surface area (Å²) in [5.74, 6) is -3.57. The third kappa shape index (κ3) is 4.31. The number of sulfonamides is 1. The van der Waals surface area contributed by atoms with Crippen molar-refractivity contribution in [3.63, 3.8) is 0 Å². The van der Waals surface area contributed by atoms with Crippen molar-refractivity contribution in [3.05, 3.63) is 41.7 Å². The minimum Gasteiger partial charge on any atom is -0.481 e. The van der Waals surface area contributed by atoms with Crippen LogP contribution < -0.4 is 14.2 Å². The van der Waals surface area contributed by atoms with E-state index in [1.807, 2.05) is 0 Å². The molecule has 2 N–H and O–H groups in total. The summed E-state index contributed by atoms with van der Waals surface area (Å²) in [6.07, 6.45) is -1.51. The van der Waals surface area contributed by atoms with E-state index in [2.05, 4.69) is 9.97 Å². The Labute approximate surface area is 142 Å². The Hall–Kier alpha value is -2.53. The van der Waals surface area contributed by atoms with Gasteiger partial charge in [0.1, 0.15) is 6.10 Å². The van der Waals surface area contributed by atoms with Crippen LogP contribution >= 0.6 is 0 Å². The number of hydrogen-bond acceptors (Lipinski definition) is 7. The average Bonchev–Trinajstić information content (AvgIpc) is 2.60. The van der Waals surface area contributed by atoms with Crippen LogP contribution in [0.25, 0.3) is 0 Å². The number of nitrogens with zero attached hydrogens (tertiary/aromatic N) is 2. The molecule has 1 atom stereocenters. The SMILES string of the molecule is COc1cc(OC)nc([C@@H](O)c2ccccc2NS(=O)(=O)C(F)F)n1. The van der Waals surface area contributed by atoms with E-state index >= 15 is 0 Å². The van der Waals surface area contributed by atoms with Crippen LogP contribution in [0.5, 0.6) is 11.8 Å². The molecule has 2 aromatic rings. The maximum atomic E-state index is 12.6. The van der Waals surface area contributed by atoms with Gasteiger partial charge in [0.2, 0.25) is 11.8 Å². The lowest BCUT2D eigenvalue weighted by atomic mass is 10.1. The van der Waals surface area contributed by atoms with Crippen molar-refractivity contribution in [1.29, 1.82) is 0 Å². The number of benzene rings is 1. The van der Waals surface area contributed by atoms with Gasteiger partial charge in [0.05, 0.1) is 26.0 Å². The fourth-order valence-electron chi connectivity index (χ4n) is 1.92. The topological polar surface area (TPSA) is 111 Å². The fraction of sp³-hybridized carbons (Fsp3) is 0.286. The highest BCUT2D eigenvalue weighted by Gasteiger charge is 2.27. The Balaban J connectivity index is 2.45. The third-order valence-corrected chi connectivity index (χ3v) is 4.08. The molecule has 136 valence electrons. The number of ether oxygens (including phenoxy) is 2. The van der Waals surface area contributed by atoms with Gasteiger partial charge >= 0.3 is 5.76 Å². The molecule has 8 nitrogen and oxygen atoms in total. The highest BCUT2D eigenvalue weighted by Crippen LogP contribution is 2.29. The van der Waals surface area contributed by atoms with Crippen LogP contribution in [0.15, 0.2) is 30.3 Å². The van der Waals surface area contributed by atoms with Gasteiger partial charge < -0.3 is 14.6 Å². The van der Waals surface area contributed by atoms with E-state index in [1.54, 1.807) is 4.72 Å². The zero-order valence-corrected chi connectivity index (χ0v) is 14.0. The summed E-state index contributed by atoms with van der Waals surface area (Å²) in [5, 5.41) is 10.5. The smallest absolute Gasteiger partial charge is 0.355 e. The number of aromatic nitrogens is 2. The van der Waals surface area contributed by atoms with E-state index in [1.165, 1.54) is 44.6 Å². The number of aliphatic hydroxyl groups is 1. The number of hydrogen-bond donors (Lipinski definition) is 2. The number of nitrogens with one attached hydrogen (secondary N) is 1. The van der Waals surface area contributed by atoms with Crippen molar-refractivity contribution in [2.75, 3.05) is 18.9 Å². The van der Waals surface area contributed by atoms with Crippen molar-refractivity contribution in [1.82, 2.24) is 9.97 Å². The minimum absolute atomic E-state index is 0.0120. The van der Waals surface area contributed by atoms with Crippen molar-refractivity contribution in [2.45, 2.75) is 11.9 Å². The molecular formula is C14H15F2N3O5S. The van der Waals surface area contributed by atoms with Crippen LogP contribution in [0.3, 0.4) is 0 Å². The molecule has 25 heavy (non-hydrogen) atoms. The first-order valence-corrected chi connectivity index (χ1v) is 8.37. The summed E-state index contributed by atoms with van der Waals surface area (Å²) in [6.45, 7) is 0. The van der Waals surface area contributed by atoms with Gasteiger partial charge in [-0.15, -0.1) is 0 Å². The van der Waals surface area contributed by atoms with Gasteiger partial charge in [-0.2, -0.15) is 18.7 Å². The zero-order valence-electron chi connectivity index (χ0n) is 13.2. The number of alkyl halides is 2. The molecule has 0 radical (unpaired) electrons. The van der Waals surface area contributed by atoms with Gasteiger partial charge in [-0.25, -0.2) is 8.42 Å². The second-order valence-corrected chi connectivity index (χ2v) is 6.36. The molecule has 0 aliphatic rings. The number of halogens is 2. The molecule has 0 saturated heterocycles. The third-order valence-electron chi connectivity index (χ3n) is 3.10. The molecule has 0 aliphatic carbocycles. The predicted octanol–water partition coefficient (Wildman–Crippen LogP) is 1.54. The molecule has 0 saturated carbocycles. The van der Waals surface area contributed by atoms with E-state index in [-0.39, 0.29) is 28.8 Å². The van der Waals surface area contributed by atoms with E-state index < -0.39 is 21.9 Å². The number of anilines is 1. The van der Waals surface area contributed by atoms with Crippen molar-refractivity contribution in [2.24, 2.45) is 0 Å². The highest BCUT2D eigenvalue weighted by molar-refractivity contribution is 7.93. The van der Waals surface area contributed by atoms with Gasteiger partial charge in [0, 0.05) is 5.56 Å². The molecule has 0 fully saturated rings. The lowest BCUT2D eigenvalue weighted by Gasteiger charge is -2.16. The van der Waals surface area contributed by atoms with Gasteiger partial charge in [-0.1, -0.05) is 18.2 Å². The summed E-state index contributed by atoms with van der Waals surface area (Å²) >= 11 is 0. The normalized spacial score (nSPS) is 12.7. The monoisotopic (exact) mass is 375 g/mol. The second-order valence-electron chi connectivity index (χ2n) is 4.71. The summed E-state index contributed by atoms with van der Waals surface area (Å²) < 4.78 is 59.6. The van der Waals surface area contributed by atoms with Crippen LogP contribution in [0.2, 0.25) is 0 Å². The van der Waals surface area contributed by atoms with E-state index in [9.17, 15) is 22.3 Å². The molecule has 0 aliphatic heterocycles. The maximum Gasteiger partial charge on any atom is 0.355 e. The number of para-hydroxylation sites is 1. The van der Waals surface area contributed by atoms with Crippen molar-refractivity contribution in [3.8, 4) is 11.8 Å². The molecule has 0 unspecified atom stereocenters. The minimum atomic E-state index is -4.90. The fourth-order valence-corrected chi connectivity index (χ4v) is 2.50. The lowest BCUT2D eigenvalue weighted by molar-refractivity contribution is 0.206. The molecule has 1 aromatic carbocycles. The average molecular weight is 375 g/mol.